The summed E-state index contributed by atoms with van der Waals surface area (Å²) in [5.74, 6) is 0. The quantitative estimate of drug-likeness (QED) is 0.493. The minimum absolute atomic E-state index is 0.177. The summed E-state index contributed by atoms with van der Waals surface area (Å²) in [5, 5.41) is 0. The average molecular weight is 190 g/mol. The van der Waals surface area contributed by atoms with E-state index in [1.807, 2.05) is 0 Å². The predicted molar refractivity (Wildman–Crippen MR) is 64.2 cm³/mol. The Morgan fingerprint density at radius 1 is 1.07 bits per heavy atom. The van der Waals surface area contributed by atoms with Crippen LogP contribution in [0.5, 0.6) is 0 Å². The van der Waals surface area contributed by atoms with Crippen LogP contribution in [-0.2, 0) is 0 Å². The lowest BCUT2D eigenvalue weighted by molar-refractivity contribution is 0.479. The molecule has 0 spiro atoms. The largest absolute Gasteiger partial charge is 0.0834 e. The van der Waals surface area contributed by atoms with Gasteiger partial charge in [0.2, 0.25) is 0 Å². The molecule has 0 aromatic carbocycles. The van der Waals surface area contributed by atoms with Crippen LogP contribution in [0.25, 0.3) is 0 Å². The summed E-state index contributed by atoms with van der Waals surface area (Å²) < 4.78 is 0. The van der Waals surface area contributed by atoms with Gasteiger partial charge in [0.05, 0.1) is 0 Å². The summed E-state index contributed by atoms with van der Waals surface area (Å²) >= 11 is 0. The van der Waals surface area contributed by atoms with Gasteiger partial charge in [0.15, 0.2) is 0 Å². The third-order valence-corrected chi connectivity index (χ3v) is 2.59. The fraction of sp³-hybridized carbons (Fsp3) is 0.571. The van der Waals surface area contributed by atoms with Gasteiger partial charge in [-0.3, -0.25) is 0 Å². The zero-order chi connectivity index (χ0) is 10.8. The molecule has 1 aliphatic rings. The van der Waals surface area contributed by atoms with Crippen molar-refractivity contribution in [1.82, 2.24) is 0 Å². The third kappa shape index (κ3) is 3.53. The summed E-state index contributed by atoms with van der Waals surface area (Å²) in [6.45, 7) is 11.2. The molecule has 0 aliphatic heterocycles. The Balaban J connectivity index is 3.03. The third-order valence-electron chi connectivity index (χ3n) is 2.59. The highest BCUT2D eigenvalue weighted by Crippen LogP contribution is 2.30. The highest BCUT2D eigenvalue weighted by atomic mass is 14.2. The normalized spacial score (nSPS) is 30.8. The summed E-state index contributed by atoms with van der Waals surface area (Å²) in [5.41, 5.74) is 1.82. The molecule has 14 heavy (non-hydrogen) atoms. The van der Waals surface area contributed by atoms with Crippen molar-refractivity contribution in [2.24, 2.45) is 10.8 Å². The van der Waals surface area contributed by atoms with E-state index < -0.39 is 0 Å². The molecule has 0 heterocycles. The topological polar surface area (TPSA) is 0 Å². The first-order valence-electron chi connectivity index (χ1n) is 5.37. The first kappa shape index (κ1) is 11.3. The predicted octanol–water partition coefficient (Wildman–Crippen LogP) is 4.50. The Bertz CT molecular complexity index is 285. The fourth-order valence-corrected chi connectivity index (χ4v) is 1.74. The molecule has 0 heteroatoms. The van der Waals surface area contributed by atoms with Gasteiger partial charge in [-0.15, -0.1) is 0 Å². The Hall–Kier alpha value is -0.780. The molecular formula is C14H22. The molecule has 0 bridgehead atoms. The molecule has 1 aliphatic carbocycles. The molecular weight excluding hydrogens is 168 g/mol. The lowest BCUT2D eigenvalue weighted by Gasteiger charge is -2.21. The van der Waals surface area contributed by atoms with Crippen molar-refractivity contribution in [2.45, 2.75) is 41.0 Å². The van der Waals surface area contributed by atoms with Crippen molar-refractivity contribution in [2.75, 3.05) is 0 Å². The second kappa shape index (κ2) is 3.76. The van der Waals surface area contributed by atoms with Crippen LogP contribution in [-0.4, -0.2) is 0 Å². The number of hydrogen-bond donors (Lipinski definition) is 0. The van der Waals surface area contributed by atoms with Gasteiger partial charge in [-0.1, -0.05) is 63.6 Å². The van der Waals surface area contributed by atoms with Crippen LogP contribution in [0.4, 0.5) is 0 Å². The molecule has 0 radical (unpaired) electrons. The summed E-state index contributed by atoms with van der Waals surface area (Å²) in [7, 11) is 0. The molecule has 0 fully saturated rings. The van der Waals surface area contributed by atoms with E-state index >= 15 is 0 Å². The van der Waals surface area contributed by atoms with Crippen LogP contribution in [0.15, 0.2) is 36.0 Å². The zero-order valence-corrected chi connectivity index (χ0v) is 10.1. The fourth-order valence-electron chi connectivity index (χ4n) is 1.74. The van der Waals surface area contributed by atoms with Gasteiger partial charge < -0.3 is 0 Å². The Labute approximate surface area is 88.4 Å². The molecule has 0 aromatic rings. The van der Waals surface area contributed by atoms with Crippen molar-refractivity contribution < 1.29 is 0 Å². The monoisotopic (exact) mass is 190 g/mol. The van der Waals surface area contributed by atoms with Gasteiger partial charge in [-0.05, 0) is 18.8 Å². The van der Waals surface area contributed by atoms with Crippen LogP contribution in [0.1, 0.15) is 41.0 Å². The molecule has 0 aromatic heterocycles. The molecule has 0 N–H and O–H groups in total. The van der Waals surface area contributed by atoms with Crippen molar-refractivity contribution in [3.63, 3.8) is 0 Å². The van der Waals surface area contributed by atoms with Crippen molar-refractivity contribution in [1.29, 1.82) is 0 Å². The lowest BCUT2D eigenvalue weighted by Crippen LogP contribution is -2.08. The van der Waals surface area contributed by atoms with E-state index in [0.717, 1.165) is 6.42 Å². The maximum absolute atomic E-state index is 2.34. The van der Waals surface area contributed by atoms with Gasteiger partial charge in [0, 0.05) is 5.41 Å². The van der Waals surface area contributed by atoms with Crippen LogP contribution in [0.2, 0.25) is 0 Å². The number of rotatable bonds is 0. The van der Waals surface area contributed by atoms with Crippen LogP contribution in [0, 0.1) is 10.8 Å². The van der Waals surface area contributed by atoms with Crippen LogP contribution < -0.4 is 0 Å². The van der Waals surface area contributed by atoms with E-state index in [2.05, 4.69) is 65.0 Å². The van der Waals surface area contributed by atoms with E-state index in [-0.39, 0.29) is 10.8 Å². The molecule has 0 unspecified atom stereocenters. The second-order valence-corrected chi connectivity index (χ2v) is 5.64. The molecule has 78 valence electrons. The van der Waals surface area contributed by atoms with E-state index in [0.29, 0.717) is 0 Å². The summed E-state index contributed by atoms with van der Waals surface area (Å²) in [6, 6.07) is 0. The average Bonchev–Trinajstić information content (AvgIpc) is 2.02. The van der Waals surface area contributed by atoms with E-state index in [1.165, 1.54) is 5.57 Å². The number of hydrogen-bond acceptors (Lipinski definition) is 0. The Morgan fingerprint density at radius 3 is 2.36 bits per heavy atom. The van der Waals surface area contributed by atoms with Gasteiger partial charge >= 0.3 is 0 Å². The van der Waals surface area contributed by atoms with Gasteiger partial charge in [0.1, 0.15) is 0 Å². The maximum Gasteiger partial charge on any atom is 0.00103 e. The van der Waals surface area contributed by atoms with E-state index in [4.69, 9.17) is 0 Å². The number of allylic oxidation sites excluding steroid dienone is 6. The van der Waals surface area contributed by atoms with Gasteiger partial charge in [-0.25, -0.2) is 0 Å². The van der Waals surface area contributed by atoms with Crippen molar-refractivity contribution in [3.8, 4) is 0 Å². The van der Waals surface area contributed by atoms with Crippen molar-refractivity contribution in [3.05, 3.63) is 36.0 Å². The van der Waals surface area contributed by atoms with Crippen LogP contribution >= 0.6 is 0 Å². The molecule has 0 saturated carbocycles. The molecule has 0 saturated heterocycles. The minimum atomic E-state index is 0.177. The summed E-state index contributed by atoms with van der Waals surface area (Å²) in [4.78, 5) is 0. The van der Waals surface area contributed by atoms with Gasteiger partial charge in [-0.2, -0.15) is 0 Å². The standard InChI is InChI=1S/C14H22/c1-12-7-6-8-13(2,3)9-10-14(4,5)11-12/h6-7,9-11H,8H2,1-5H3/b7-6?,10-9-,12-11-. The second-order valence-electron chi connectivity index (χ2n) is 5.64. The first-order valence-corrected chi connectivity index (χ1v) is 5.37. The SMILES string of the molecule is C/C1=C/C(C)(C)/C=C\C(C)(C)CC=C1. The van der Waals surface area contributed by atoms with Gasteiger partial charge in [0.25, 0.3) is 0 Å². The highest BCUT2D eigenvalue weighted by molar-refractivity contribution is 5.24. The lowest BCUT2D eigenvalue weighted by atomic mass is 9.84. The highest BCUT2D eigenvalue weighted by Gasteiger charge is 2.17. The smallest absolute Gasteiger partial charge is 0.00103 e. The Kier molecular flexibility index (Phi) is 3.04. The first-order chi connectivity index (χ1) is 6.31. The summed E-state index contributed by atoms with van der Waals surface area (Å²) in [6.07, 6.45) is 12.6. The molecule has 0 amide bonds. The van der Waals surface area contributed by atoms with Crippen molar-refractivity contribution >= 4 is 0 Å². The zero-order valence-electron chi connectivity index (χ0n) is 10.1. The molecule has 0 atom stereocenters. The molecule has 1 rings (SSSR count). The van der Waals surface area contributed by atoms with E-state index in [1.54, 1.807) is 0 Å². The minimum Gasteiger partial charge on any atom is -0.0834 e. The van der Waals surface area contributed by atoms with Crippen LogP contribution in [0.3, 0.4) is 0 Å². The maximum atomic E-state index is 2.34. The molecule has 0 nitrogen and oxygen atoms in total. The Morgan fingerprint density at radius 2 is 1.71 bits per heavy atom. The van der Waals surface area contributed by atoms with E-state index in [9.17, 15) is 0 Å².